The molecule has 0 spiro atoms. The molecule has 0 saturated carbocycles. The maximum atomic E-state index is 11.7. The predicted octanol–water partition coefficient (Wildman–Crippen LogP) is 3.52. The highest BCUT2D eigenvalue weighted by molar-refractivity contribution is 5.53. The third kappa shape index (κ3) is 4.93. The Labute approximate surface area is 222 Å². The second-order valence-corrected chi connectivity index (χ2v) is 10.6. The summed E-state index contributed by atoms with van der Waals surface area (Å²) in [5, 5.41) is 11.7. The molecule has 208 valence electrons. The number of aliphatic hydroxyl groups is 1. The molecule has 3 heterocycles. The molecule has 10 heteroatoms. The number of benzene rings is 2. The Morgan fingerprint density at radius 3 is 2.32 bits per heavy atom. The lowest BCUT2D eigenvalue weighted by Crippen LogP contribution is -2.47. The van der Waals surface area contributed by atoms with E-state index >= 15 is 0 Å². The molecule has 2 fully saturated rings. The first-order chi connectivity index (χ1) is 18.2. The molecule has 2 aromatic carbocycles. The number of ether oxygens (including phenoxy) is 9. The van der Waals surface area contributed by atoms with Crippen molar-refractivity contribution in [2.75, 3.05) is 47.8 Å². The van der Waals surface area contributed by atoms with Crippen molar-refractivity contribution in [2.45, 2.75) is 50.5 Å². The van der Waals surface area contributed by atoms with Crippen molar-refractivity contribution in [2.24, 2.45) is 5.92 Å². The number of hydrogen-bond acceptors (Lipinski definition) is 10. The standard InChI is InChI=1S/C28H36O10/c1-27(2,3)36-13-16-12-33-22-11-21(32-6)17(10-23(22)37-16)24-18-14-34-26(28(18,29)15-35-24)38-25-19(30-4)8-7-9-20(25)31-5/h7-11,16,18,24,26,29H,12-15H2,1-6H3/t16?,18-,24-,26-,28-/m1/s1. The molecule has 0 bridgehead atoms. The van der Waals surface area contributed by atoms with Crippen LogP contribution in [0.25, 0.3) is 0 Å². The zero-order chi connectivity index (χ0) is 27.1. The lowest BCUT2D eigenvalue weighted by atomic mass is 9.85. The Morgan fingerprint density at radius 2 is 1.66 bits per heavy atom. The molecule has 0 amide bonds. The minimum atomic E-state index is -1.42. The van der Waals surface area contributed by atoms with E-state index in [-0.39, 0.29) is 24.9 Å². The molecule has 1 unspecified atom stereocenters. The highest BCUT2D eigenvalue weighted by Crippen LogP contribution is 2.52. The number of methoxy groups -OCH3 is 3. The van der Waals surface area contributed by atoms with Crippen molar-refractivity contribution >= 4 is 0 Å². The molecule has 0 aliphatic carbocycles. The van der Waals surface area contributed by atoms with E-state index in [1.807, 2.05) is 26.8 Å². The lowest BCUT2D eigenvalue weighted by molar-refractivity contribution is -0.153. The van der Waals surface area contributed by atoms with Crippen LogP contribution in [0.3, 0.4) is 0 Å². The number of rotatable bonds is 8. The summed E-state index contributed by atoms with van der Waals surface area (Å²) in [6.07, 6.45) is -1.78. The van der Waals surface area contributed by atoms with E-state index in [9.17, 15) is 5.11 Å². The van der Waals surface area contributed by atoms with Gasteiger partial charge in [0.2, 0.25) is 12.0 Å². The van der Waals surface area contributed by atoms with Gasteiger partial charge in [-0.05, 0) is 39.0 Å². The summed E-state index contributed by atoms with van der Waals surface area (Å²) in [5.74, 6) is 2.58. The summed E-state index contributed by atoms with van der Waals surface area (Å²) in [6, 6.07) is 8.94. The molecular weight excluding hydrogens is 496 g/mol. The van der Waals surface area contributed by atoms with Crippen molar-refractivity contribution < 1.29 is 47.7 Å². The van der Waals surface area contributed by atoms with Crippen LogP contribution in [0.4, 0.5) is 0 Å². The van der Waals surface area contributed by atoms with Crippen LogP contribution in [0.5, 0.6) is 34.5 Å². The molecule has 0 radical (unpaired) electrons. The molecular formula is C28H36O10. The summed E-state index contributed by atoms with van der Waals surface area (Å²) >= 11 is 0. The van der Waals surface area contributed by atoms with E-state index in [2.05, 4.69) is 0 Å². The molecule has 5 atom stereocenters. The van der Waals surface area contributed by atoms with Crippen molar-refractivity contribution in [3.05, 3.63) is 35.9 Å². The number of fused-ring (bicyclic) bond motifs is 2. The second kappa shape index (κ2) is 10.3. The summed E-state index contributed by atoms with van der Waals surface area (Å²) in [6.45, 7) is 6.97. The van der Waals surface area contributed by atoms with Crippen molar-refractivity contribution in [1.29, 1.82) is 0 Å². The van der Waals surface area contributed by atoms with Gasteiger partial charge in [-0.2, -0.15) is 0 Å². The Hall–Kier alpha value is -2.92. The van der Waals surface area contributed by atoms with Crippen LogP contribution in [-0.2, 0) is 14.2 Å². The van der Waals surface area contributed by atoms with E-state index < -0.39 is 23.9 Å². The minimum Gasteiger partial charge on any atom is -0.496 e. The first kappa shape index (κ1) is 26.7. The Morgan fingerprint density at radius 1 is 0.947 bits per heavy atom. The highest BCUT2D eigenvalue weighted by atomic mass is 16.7. The molecule has 10 nitrogen and oxygen atoms in total. The first-order valence-corrected chi connectivity index (χ1v) is 12.7. The van der Waals surface area contributed by atoms with Crippen LogP contribution in [0.15, 0.2) is 30.3 Å². The topological polar surface area (TPSA) is 103 Å². The van der Waals surface area contributed by atoms with Crippen LogP contribution < -0.4 is 28.4 Å². The maximum Gasteiger partial charge on any atom is 0.232 e. The van der Waals surface area contributed by atoms with Crippen LogP contribution >= 0.6 is 0 Å². The predicted molar refractivity (Wildman–Crippen MR) is 136 cm³/mol. The van der Waals surface area contributed by atoms with Crippen LogP contribution in [-0.4, -0.2) is 76.5 Å². The van der Waals surface area contributed by atoms with Gasteiger partial charge >= 0.3 is 0 Å². The molecule has 38 heavy (non-hydrogen) atoms. The second-order valence-electron chi connectivity index (χ2n) is 10.6. The van der Waals surface area contributed by atoms with Gasteiger partial charge in [-0.3, -0.25) is 0 Å². The molecule has 3 aliphatic heterocycles. The van der Waals surface area contributed by atoms with E-state index in [1.165, 1.54) is 14.2 Å². The molecule has 1 N–H and O–H groups in total. The van der Waals surface area contributed by atoms with Gasteiger partial charge in [-0.25, -0.2) is 0 Å². The van der Waals surface area contributed by atoms with E-state index in [0.29, 0.717) is 47.7 Å². The normalized spacial score (nSPS) is 28.1. The fourth-order valence-corrected chi connectivity index (χ4v) is 4.98. The number of para-hydroxylation sites is 1. The minimum absolute atomic E-state index is 0.00408. The van der Waals surface area contributed by atoms with Crippen molar-refractivity contribution in [3.63, 3.8) is 0 Å². The van der Waals surface area contributed by atoms with Gasteiger partial charge in [0, 0.05) is 11.6 Å². The average Bonchev–Trinajstić information content (AvgIpc) is 3.40. The maximum absolute atomic E-state index is 11.7. The van der Waals surface area contributed by atoms with Gasteiger partial charge in [0.05, 0.1) is 58.8 Å². The smallest absolute Gasteiger partial charge is 0.232 e. The Balaban J connectivity index is 1.38. The Kier molecular flexibility index (Phi) is 7.25. The molecule has 2 saturated heterocycles. The third-order valence-electron chi connectivity index (χ3n) is 6.97. The summed E-state index contributed by atoms with van der Waals surface area (Å²) in [4.78, 5) is 0. The fraction of sp³-hybridized carbons (Fsp3) is 0.571. The van der Waals surface area contributed by atoms with E-state index in [1.54, 1.807) is 31.4 Å². The molecule has 5 rings (SSSR count). The summed E-state index contributed by atoms with van der Waals surface area (Å²) in [7, 11) is 4.66. The monoisotopic (exact) mass is 532 g/mol. The largest absolute Gasteiger partial charge is 0.496 e. The lowest BCUT2D eigenvalue weighted by Gasteiger charge is -2.31. The van der Waals surface area contributed by atoms with Gasteiger partial charge < -0.3 is 47.7 Å². The van der Waals surface area contributed by atoms with Gasteiger partial charge in [0.1, 0.15) is 12.4 Å². The van der Waals surface area contributed by atoms with Gasteiger partial charge in [-0.15, -0.1) is 0 Å². The molecule has 3 aliphatic rings. The van der Waals surface area contributed by atoms with E-state index in [0.717, 1.165) is 5.56 Å². The SMILES string of the molecule is COc1cc2c(cc1[C@H]1OC[C@]3(O)[C@@H](Oc4c(OC)cccc4OC)OC[C@H]13)OC(COC(C)(C)C)CO2. The molecule has 2 aromatic rings. The van der Waals surface area contributed by atoms with Crippen molar-refractivity contribution in [1.82, 2.24) is 0 Å². The Bertz CT molecular complexity index is 1120. The number of hydrogen-bond donors (Lipinski definition) is 1. The summed E-state index contributed by atoms with van der Waals surface area (Å²) < 4.78 is 52.9. The summed E-state index contributed by atoms with van der Waals surface area (Å²) in [5.41, 5.74) is -0.976. The third-order valence-corrected chi connectivity index (χ3v) is 6.97. The zero-order valence-electron chi connectivity index (χ0n) is 22.6. The fourth-order valence-electron chi connectivity index (χ4n) is 4.98. The zero-order valence-corrected chi connectivity index (χ0v) is 22.6. The first-order valence-electron chi connectivity index (χ1n) is 12.7. The van der Waals surface area contributed by atoms with Gasteiger partial charge in [0.25, 0.3) is 0 Å². The van der Waals surface area contributed by atoms with Crippen LogP contribution in [0.1, 0.15) is 32.4 Å². The van der Waals surface area contributed by atoms with Crippen LogP contribution in [0.2, 0.25) is 0 Å². The van der Waals surface area contributed by atoms with Crippen molar-refractivity contribution in [3.8, 4) is 34.5 Å². The highest BCUT2D eigenvalue weighted by Gasteiger charge is 2.61. The van der Waals surface area contributed by atoms with E-state index in [4.69, 9.17) is 42.6 Å². The molecule has 0 aromatic heterocycles. The van der Waals surface area contributed by atoms with Crippen LogP contribution in [0, 0.1) is 5.92 Å². The average molecular weight is 533 g/mol. The van der Waals surface area contributed by atoms with Gasteiger partial charge in [-0.1, -0.05) is 6.07 Å². The van der Waals surface area contributed by atoms with Gasteiger partial charge in [0.15, 0.2) is 34.7 Å². The quantitative estimate of drug-likeness (QED) is 0.543.